The number of carbonyl (C=O) groups excluding carboxylic acids is 3. The summed E-state index contributed by atoms with van der Waals surface area (Å²) in [4.78, 5) is 51.0. The molecule has 7 rings (SSSR count). The summed E-state index contributed by atoms with van der Waals surface area (Å²) < 4.78 is 41.5. The number of likely N-dealkylation sites (N-methyl/N-ethyl adjacent to an activating group) is 1. The van der Waals surface area contributed by atoms with Crippen LogP contribution in [-0.2, 0) is 28.7 Å². The van der Waals surface area contributed by atoms with E-state index in [9.17, 15) is 27.6 Å². The number of nitrogens with two attached hydrogens (primary N) is 1. The number of hydrogen-bond donors (Lipinski definition) is 2. The van der Waals surface area contributed by atoms with E-state index >= 15 is 0 Å². The summed E-state index contributed by atoms with van der Waals surface area (Å²) in [6.07, 6.45) is -0.873. The maximum Gasteiger partial charge on any atom is 0.418 e. The molecule has 0 spiro atoms. The van der Waals surface area contributed by atoms with E-state index in [1.165, 1.54) is 23.8 Å². The van der Waals surface area contributed by atoms with Crippen molar-refractivity contribution < 1.29 is 27.6 Å². The Morgan fingerprint density at radius 3 is 2.37 bits per heavy atom. The van der Waals surface area contributed by atoms with E-state index in [1.807, 2.05) is 16.3 Å². The van der Waals surface area contributed by atoms with Crippen LogP contribution in [0.2, 0.25) is 5.02 Å². The molecule has 3 N–H and O–H groups in total. The van der Waals surface area contributed by atoms with E-state index in [2.05, 4.69) is 22.2 Å². The number of alkyl halides is 3. The predicted molar refractivity (Wildman–Crippen MR) is 182 cm³/mol. The smallest absolute Gasteiger partial charge is 0.397 e. The van der Waals surface area contributed by atoms with E-state index < -0.39 is 23.3 Å². The second-order valence-corrected chi connectivity index (χ2v) is 15.6. The number of likely N-dealkylation sites (tertiary alicyclic amines) is 4. The maximum absolute atomic E-state index is 14.1. The van der Waals surface area contributed by atoms with Gasteiger partial charge in [0.05, 0.1) is 28.7 Å². The van der Waals surface area contributed by atoms with Crippen LogP contribution in [0.25, 0.3) is 0 Å². The van der Waals surface area contributed by atoms with E-state index in [-0.39, 0.29) is 47.3 Å². The molecule has 2 aromatic rings. The highest BCUT2D eigenvalue weighted by atomic mass is 35.5. The zero-order valence-corrected chi connectivity index (χ0v) is 29.1. The Balaban J connectivity index is 1.02. The second-order valence-electron chi connectivity index (χ2n) is 14.3. The Hall–Kier alpha value is -3.07. The van der Waals surface area contributed by atoms with Gasteiger partial charge in [-0.3, -0.25) is 19.8 Å². The molecular formula is C34H43ClF3N7O3S. The number of piperidine rings is 2. The molecule has 5 aliphatic heterocycles. The van der Waals surface area contributed by atoms with Crippen molar-refractivity contribution in [2.45, 2.75) is 81.8 Å². The first-order valence-corrected chi connectivity index (χ1v) is 18.4. The van der Waals surface area contributed by atoms with Gasteiger partial charge < -0.3 is 25.3 Å². The van der Waals surface area contributed by atoms with Gasteiger partial charge in [0.25, 0.3) is 0 Å². The van der Waals surface area contributed by atoms with Gasteiger partial charge in [0.15, 0.2) is 0 Å². The summed E-state index contributed by atoms with van der Waals surface area (Å²) >= 11 is 7.65. The second kappa shape index (κ2) is 13.6. The van der Waals surface area contributed by atoms with Gasteiger partial charge in [0, 0.05) is 75.4 Å². The summed E-state index contributed by atoms with van der Waals surface area (Å²) in [5.74, 6) is -1.30. The lowest BCUT2D eigenvalue weighted by atomic mass is 9.91. The summed E-state index contributed by atoms with van der Waals surface area (Å²) in [5.41, 5.74) is 5.38. The fourth-order valence-corrected chi connectivity index (χ4v) is 9.67. The van der Waals surface area contributed by atoms with E-state index in [0.717, 1.165) is 42.6 Å². The topological polar surface area (TPSA) is 105 Å². The van der Waals surface area contributed by atoms with Crippen molar-refractivity contribution in [3.63, 3.8) is 0 Å². The van der Waals surface area contributed by atoms with Crippen LogP contribution in [0.4, 0.5) is 28.7 Å². The van der Waals surface area contributed by atoms with Gasteiger partial charge in [-0.05, 0) is 74.7 Å². The van der Waals surface area contributed by atoms with Gasteiger partial charge >= 0.3 is 12.2 Å². The molecule has 2 unspecified atom stereocenters. The third-order valence-electron chi connectivity index (χ3n) is 11.4. The first-order valence-electron chi connectivity index (χ1n) is 17.2. The number of rotatable bonds is 7. The number of amides is 4. The first kappa shape index (κ1) is 34.4. The summed E-state index contributed by atoms with van der Waals surface area (Å²) in [6.45, 7) is 4.58. The molecule has 266 valence electrons. The summed E-state index contributed by atoms with van der Waals surface area (Å²) in [5, 5.41) is 5.54. The molecule has 5 aliphatic rings. The minimum absolute atomic E-state index is 0.0280. The Morgan fingerprint density at radius 1 is 1.02 bits per heavy atom. The van der Waals surface area contributed by atoms with Crippen LogP contribution in [0, 0.1) is 5.92 Å². The maximum atomic E-state index is 14.1. The van der Waals surface area contributed by atoms with Crippen LogP contribution >= 0.6 is 22.9 Å². The Kier molecular flexibility index (Phi) is 9.52. The van der Waals surface area contributed by atoms with Crippen LogP contribution in [-0.4, -0.2) is 113 Å². The lowest BCUT2D eigenvalue weighted by Crippen LogP contribution is -2.54. The highest BCUT2D eigenvalue weighted by molar-refractivity contribution is 7.14. The van der Waals surface area contributed by atoms with Crippen molar-refractivity contribution in [3.8, 4) is 0 Å². The largest absolute Gasteiger partial charge is 0.418 e. The zero-order chi connectivity index (χ0) is 34.6. The normalized spacial score (nSPS) is 24.8. The molecule has 4 fully saturated rings. The van der Waals surface area contributed by atoms with Crippen LogP contribution in [0.15, 0.2) is 23.6 Å². The molecule has 0 radical (unpaired) electrons. The van der Waals surface area contributed by atoms with Crippen LogP contribution in [0.1, 0.15) is 55.2 Å². The van der Waals surface area contributed by atoms with Crippen molar-refractivity contribution in [1.29, 1.82) is 0 Å². The predicted octanol–water partition coefficient (Wildman–Crippen LogP) is 4.97. The Morgan fingerprint density at radius 2 is 1.71 bits per heavy atom. The molecule has 2 bridgehead atoms. The average molecular weight is 722 g/mol. The number of thiophene rings is 1. The van der Waals surface area contributed by atoms with E-state index in [4.69, 9.17) is 17.3 Å². The molecule has 4 amide bonds. The third kappa shape index (κ3) is 6.98. The number of fused-ring (bicyclic) bond motifs is 3. The van der Waals surface area contributed by atoms with Crippen molar-refractivity contribution in [1.82, 2.24) is 24.5 Å². The number of hydrogen-bond acceptors (Lipinski definition) is 7. The number of nitrogen functional groups attached to an aromatic ring is 1. The molecular weight excluding hydrogens is 679 g/mol. The highest BCUT2D eigenvalue weighted by Crippen LogP contribution is 2.39. The Labute approximate surface area is 293 Å². The molecule has 15 heteroatoms. The van der Waals surface area contributed by atoms with E-state index in [1.54, 1.807) is 9.80 Å². The summed E-state index contributed by atoms with van der Waals surface area (Å²) in [6, 6.07) is 5.69. The van der Waals surface area contributed by atoms with Crippen molar-refractivity contribution in [2.24, 2.45) is 5.92 Å². The lowest BCUT2D eigenvalue weighted by Gasteiger charge is -2.42. The molecule has 0 aliphatic carbocycles. The monoisotopic (exact) mass is 721 g/mol. The van der Waals surface area contributed by atoms with Crippen molar-refractivity contribution in [2.75, 3.05) is 57.4 Å². The van der Waals surface area contributed by atoms with Gasteiger partial charge in [-0.15, -0.1) is 11.3 Å². The van der Waals surface area contributed by atoms with Crippen LogP contribution in [0.3, 0.4) is 0 Å². The number of nitrogens with zero attached hydrogens (tertiary/aromatic N) is 5. The summed E-state index contributed by atoms with van der Waals surface area (Å²) in [7, 11) is 2.17. The number of urea groups is 1. The number of carbonyl (C=O) groups is 3. The molecule has 1 aromatic heterocycles. The molecule has 49 heavy (non-hydrogen) atoms. The zero-order valence-electron chi connectivity index (χ0n) is 27.6. The number of halogens is 4. The van der Waals surface area contributed by atoms with Crippen molar-refractivity contribution in [3.05, 3.63) is 45.3 Å². The highest BCUT2D eigenvalue weighted by Gasteiger charge is 2.45. The fraction of sp³-hybridized carbons (Fsp3) is 0.618. The minimum Gasteiger partial charge on any atom is -0.397 e. The first-order chi connectivity index (χ1) is 23.4. The lowest BCUT2D eigenvalue weighted by molar-refractivity contribution is -0.143. The Bertz CT molecular complexity index is 1590. The van der Waals surface area contributed by atoms with Gasteiger partial charge in [0.2, 0.25) is 11.8 Å². The number of anilines is 2. The molecule has 10 nitrogen and oxygen atoms in total. The molecule has 3 atom stereocenters. The third-order valence-corrected chi connectivity index (χ3v) is 12.6. The quantitative estimate of drug-likeness (QED) is 0.392. The average Bonchev–Trinajstić information content (AvgIpc) is 3.80. The van der Waals surface area contributed by atoms with Gasteiger partial charge in [0.1, 0.15) is 5.00 Å². The van der Waals surface area contributed by atoms with Crippen molar-refractivity contribution >= 4 is 51.5 Å². The number of benzene rings is 1. The number of nitrogens with one attached hydrogen (secondary N) is 1. The standard InChI is InChI=1S/C34H43ClF3N7O3S/c1-41-18-26-16-25(41)19-44(26)23-4-9-43(10-5-23)32(47)22(12-20-13-27(34(36,37)38)30(39)28(35)14-20)15-29(46)42-7-2-24(3-8-42)45-17-21-6-11-49-31(21)40-33(45)48/h6,11,13-14,22-26H,2-5,7-10,12,15-19,39H2,1H3,(H,40,48)/t22-,25?,26?/m0/s1. The molecule has 0 saturated carbocycles. The molecule has 6 heterocycles. The van der Waals surface area contributed by atoms with Gasteiger partial charge in [-0.25, -0.2) is 4.79 Å². The minimum atomic E-state index is -4.72. The fourth-order valence-electron chi connectivity index (χ4n) is 8.63. The van der Waals surface area contributed by atoms with E-state index in [0.29, 0.717) is 63.7 Å². The SMILES string of the molecule is CN1CC2CC1CN2C1CCN(C(=O)[C@H](CC(=O)N2CCC(N3Cc4ccsc4NC3=O)CC2)Cc2cc(Cl)c(N)c(C(F)(F)F)c2)CC1. The van der Waals surface area contributed by atoms with Crippen LogP contribution < -0.4 is 11.1 Å². The molecule has 1 aromatic carbocycles. The molecule has 4 saturated heterocycles. The van der Waals surface area contributed by atoms with Gasteiger partial charge in [-0.1, -0.05) is 11.6 Å². The van der Waals surface area contributed by atoms with Crippen LogP contribution in [0.5, 0.6) is 0 Å². The van der Waals surface area contributed by atoms with Gasteiger partial charge in [-0.2, -0.15) is 13.2 Å². The number of piperazine rings is 1.